The van der Waals surface area contributed by atoms with E-state index in [2.05, 4.69) is 16.4 Å². The second-order valence-corrected chi connectivity index (χ2v) is 6.91. The van der Waals surface area contributed by atoms with Crippen LogP contribution in [0.3, 0.4) is 0 Å². The number of benzene rings is 1. The fourth-order valence-electron chi connectivity index (χ4n) is 3.40. The molecule has 2 heterocycles. The minimum absolute atomic E-state index is 0.0862. The Hall–Kier alpha value is -2.73. The van der Waals surface area contributed by atoms with Crippen LogP contribution in [0.2, 0.25) is 0 Å². The first-order valence-electron chi connectivity index (χ1n) is 10.2. The van der Waals surface area contributed by atoms with Crippen molar-refractivity contribution in [1.29, 1.82) is 0 Å². The zero-order valence-electron chi connectivity index (χ0n) is 17.1. The smallest absolute Gasteiger partial charge is 0.272 e. The van der Waals surface area contributed by atoms with Gasteiger partial charge in [-0.05, 0) is 69.6 Å². The van der Waals surface area contributed by atoms with Crippen LogP contribution in [0.25, 0.3) is 5.57 Å². The summed E-state index contributed by atoms with van der Waals surface area (Å²) in [5.41, 5.74) is 2.80. The Balaban J connectivity index is 1.98. The summed E-state index contributed by atoms with van der Waals surface area (Å²) in [4.78, 5) is 18.7. The molecule has 0 saturated carbocycles. The molecule has 0 saturated heterocycles. The molecule has 1 aromatic heterocycles. The van der Waals surface area contributed by atoms with Gasteiger partial charge in [-0.25, -0.2) is 4.39 Å². The Morgan fingerprint density at radius 1 is 1.21 bits per heavy atom. The third-order valence-corrected chi connectivity index (χ3v) is 5.00. The standard InChI is InChI=1S/C23H28FN3O2/c1-3-27(4-2)23(28)21-10-8-17(16-26-21)19-7-5-12-25-13-6-14-29-22-11-9-18(24)15-20(19)22/h7-11,15-16,25H,3-6,12-14H2,1-2H3/b19-7-. The van der Waals surface area contributed by atoms with Gasteiger partial charge in [0.15, 0.2) is 0 Å². The molecule has 0 fully saturated rings. The summed E-state index contributed by atoms with van der Waals surface area (Å²) in [6.07, 6.45) is 5.44. The number of rotatable bonds is 4. The number of fused-ring (bicyclic) bond motifs is 1. The number of hydrogen-bond acceptors (Lipinski definition) is 4. The van der Waals surface area contributed by atoms with Crippen LogP contribution in [-0.4, -0.2) is 48.6 Å². The molecule has 0 unspecified atom stereocenters. The number of halogens is 1. The monoisotopic (exact) mass is 397 g/mol. The van der Waals surface area contributed by atoms with Crippen LogP contribution < -0.4 is 10.1 Å². The summed E-state index contributed by atoms with van der Waals surface area (Å²) < 4.78 is 20.0. The van der Waals surface area contributed by atoms with E-state index in [0.29, 0.717) is 36.7 Å². The summed E-state index contributed by atoms with van der Waals surface area (Å²) in [7, 11) is 0. The third-order valence-electron chi connectivity index (χ3n) is 5.00. The first kappa shape index (κ1) is 21.0. The van der Waals surface area contributed by atoms with Crippen molar-refractivity contribution < 1.29 is 13.9 Å². The molecule has 0 radical (unpaired) electrons. The van der Waals surface area contributed by atoms with Crippen LogP contribution in [0.5, 0.6) is 5.75 Å². The number of hydrogen-bond donors (Lipinski definition) is 1. The fourth-order valence-corrected chi connectivity index (χ4v) is 3.40. The van der Waals surface area contributed by atoms with E-state index in [-0.39, 0.29) is 11.7 Å². The van der Waals surface area contributed by atoms with E-state index in [0.717, 1.165) is 37.1 Å². The Bertz CT molecular complexity index is 861. The summed E-state index contributed by atoms with van der Waals surface area (Å²) in [6.45, 7) is 7.45. The highest BCUT2D eigenvalue weighted by atomic mass is 19.1. The van der Waals surface area contributed by atoms with Crippen LogP contribution in [0.15, 0.2) is 42.6 Å². The van der Waals surface area contributed by atoms with E-state index in [4.69, 9.17) is 4.74 Å². The fraction of sp³-hybridized carbons (Fsp3) is 0.391. The van der Waals surface area contributed by atoms with E-state index in [1.165, 1.54) is 12.1 Å². The number of nitrogens with one attached hydrogen (secondary N) is 1. The lowest BCUT2D eigenvalue weighted by Gasteiger charge is -2.18. The molecule has 3 rings (SSSR count). The molecule has 154 valence electrons. The molecule has 2 aromatic rings. The number of carbonyl (C=O) groups excluding carboxylic acids is 1. The summed E-state index contributed by atoms with van der Waals surface area (Å²) >= 11 is 0. The molecule has 0 bridgehead atoms. The van der Waals surface area contributed by atoms with Gasteiger partial charge < -0.3 is 15.0 Å². The highest BCUT2D eigenvalue weighted by Crippen LogP contribution is 2.32. The van der Waals surface area contributed by atoms with Gasteiger partial charge in [-0.3, -0.25) is 9.78 Å². The number of aromatic nitrogens is 1. The lowest BCUT2D eigenvalue weighted by atomic mass is 9.96. The largest absolute Gasteiger partial charge is 0.493 e. The van der Waals surface area contributed by atoms with E-state index >= 15 is 0 Å². The van der Waals surface area contributed by atoms with Crippen molar-refractivity contribution in [2.24, 2.45) is 0 Å². The van der Waals surface area contributed by atoms with Gasteiger partial charge in [-0.1, -0.05) is 12.1 Å². The van der Waals surface area contributed by atoms with Crippen LogP contribution in [-0.2, 0) is 0 Å². The second kappa shape index (κ2) is 10.2. The summed E-state index contributed by atoms with van der Waals surface area (Å²) in [5, 5.41) is 3.38. The third kappa shape index (κ3) is 5.21. The molecule has 0 spiro atoms. The molecule has 1 aliphatic rings. The Kier molecular flexibility index (Phi) is 7.36. The summed E-state index contributed by atoms with van der Waals surface area (Å²) in [5.74, 6) is 0.257. The first-order chi connectivity index (χ1) is 14.1. The van der Waals surface area contributed by atoms with Gasteiger partial charge in [-0.2, -0.15) is 0 Å². The van der Waals surface area contributed by atoms with Gasteiger partial charge in [-0.15, -0.1) is 0 Å². The maximum Gasteiger partial charge on any atom is 0.272 e. The molecular weight excluding hydrogens is 369 g/mol. The highest BCUT2D eigenvalue weighted by molar-refractivity contribution is 5.93. The minimum Gasteiger partial charge on any atom is -0.493 e. The van der Waals surface area contributed by atoms with Crippen molar-refractivity contribution in [3.63, 3.8) is 0 Å². The first-order valence-corrected chi connectivity index (χ1v) is 10.2. The second-order valence-electron chi connectivity index (χ2n) is 6.91. The molecule has 1 N–H and O–H groups in total. The summed E-state index contributed by atoms with van der Waals surface area (Å²) in [6, 6.07) is 8.20. The van der Waals surface area contributed by atoms with Crippen LogP contribution in [0.4, 0.5) is 4.39 Å². The molecule has 6 heteroatoms. The molecule has 0 aliphatic carbocycles. The molecule has 1 aliphatic heterocycles. The van der Waals surface area contributed by atoms with Gasteiger partial charge >= 0.3 is 0 Å². The maximum atomic E-state index is 14.1. The van der Waals surface area contributed by atoms with Crippen LogP contribution >= 0.6 is 0 Å². The van der Waals surface area contributed by atoms with E-state index < -0.39 is 0 Å². The van der Waals surface area contributed by atoms with Crippen molar-refractivity contribution in [2.45, 2.75) is 26.7 Å². The van der Waals surface area contributed by atoms with Crippen molar-refractivity contribution in [2.75, 3.05) is 32.8 Å². The van der Waals surface area contributed by atoms with Crippen molar-refractivity contribution in [3.05, 3.63) is 65.2 Å². The average molecular weight is 397 g/mol. The van der Waals surface area contributed by atoms with E-state index in [1.807, 2.05) is 19.9 Å². The Labute approximate surface area is 171 Å². The number of carbonyl (C=O) groups is 1. The average Bonchev–Trinajstić information content (AvgIpc) is 2.78. The van der Waals surface area contributed by atoms with Crippen LogP contribution in [0.1, 0.15) is 48.3 Å². The van der Waals surface area contributed by atoms with Gasteiger partial charge in [0.05, 0.1) is 6.61 Å². The zero-order chi connectivity index (χ0) is 20.6. The highest BCUT2D eigenvalue weighted by Gasteiger charge is 2.17. The van der Waals surface area contributed by atoms with Gasteiger partial charge in [0.25, 0.3) is 5.91 Å². The van der Waals surface area contributed by atoms with Crippen LogP contribution in [0, 0.1) is 5.82 Å². The quantitative estimate of drug-likeness (QED) is 0.850. The molecular formula is C23H28FN3O2. The van der Waals surface area contributed by atoms with E-state index in [1.54, 1.807) is 23.2 Å². The van der Waals surface area contributed by atoms with Crippen molar-refractivity contribution in [1.82, 2.24) is 15.2 Å². The van der Waals surface area contributed by atoms with Crippen molar-refractivity contribution >= 4 is 11.5 Å². The predicted octanol–water partition coefficient (Wildman–Crippen LogP) is 3.90. The molecule has 1 aromatic carbocycles. The number of ether oxygens (including phenoxy) is 1. The number of nitrogens with zero attached hydrogens (tertiary/aromatic N) is 2. The number of pyridine rings is 1. The Morgan fingerprint density at radius 2 is 2.03 bits per heavy atom. The lowest BCUT2D eigenvalue weighted by molar-refractivity contribution is 0.0767. The normalized spacial score (nSPS) is 16.6. The minimum atomic E-state index is -0.312. The molecule has 29 heavy (non-hydrogen) atoms. The van der Waals surface area contributed by atoms with Gasteiger partial charge in [0.2, 0.25) is 0 Å². The Morgan fingerprint density at radius 3 is 2.76 bits per heavy atom. The maximum absolute atomic E-state index is 14.1. The topological polar surface area (TPSA) is 54.5 Å². The van der Waals surface area contributed by atoms with Crippen molar-refractivity contribution in [3.8, 4) is 5.75 Å². The molecule has 1 amide bonds. The zero-order valence-corrected chi connectivity index (χ0v) is 17.1. The van der Waals surface area contributed by atoms with Gasteiger partial charge in [0.1, 0.15) is 17.3 Å². The lowest BCUT2D eigenvalue weighted by Crippen LogP contribution is -2.31. The molecule has 5 nitrogen and oxygen atoms in total. The predicted molar refractivity (Wildman–Crippen MR) is 113 cm³/mol. The molecule has 0 atom stereocenters. The van der Waals surface area contributed by atoms with E-state index in [9.17, 15) is 9.18 Å². The van der Waals surface area contributed by atoms with Gasteiger partial charge in [0, 0.05) is 30.4 Å². The number of amides is 1. The SMILES string of the molecule is CCN(CC)C(=O)c1ccc(/C2=C/CCNCCCOc3ccc(F)cc32)cn1.